The topological polar surface area (TPSA) is 106 Å². The van der Waals surface area contributed by atoms with E-state index in [2.05, 4.69) is 9.97 Å². The molecule has 116 valence electrons. The number of hydrogen-bond acceptors (Lipinski definition) is 6. The van der Waals surface area contributed by atoms with Crippen molar-refractivity contribution in [3.63, 3.8) is 0 Å². The molecule has 0 spiro atoms. The summed E-state index contributed by atoms with van der Waals surface area (Å²) in [5.41, 5.74) is 6.13. The van der Waals surface area contributed by atoms with Crippen LogP contribution in [0.5, 0.6) is 0 Å². The van der Waals surface area contributed by atoms with E-state index in [1.807, 2.05) is 13.8 Å². The first-order chi connectivity index (χ1) is 9.71. The molecule has 1 saturated heterocycles. The maximum absolute atomic E-state index is 12.5. The highest BCUT2D eigenvalue weighted by atomic mass is 32.2. The molecular weight excluding hydrogens is 292 g/mol. The molecule has 2 heterocycles. The van der Waals surface area contributed by atoms with Crippen LogP contribution in [0.4, 0.5) is 5.69 Å². The highest BCUT2D eigenvalue weighted by molar-refractivity contribution is 7.91. The second-order valence-electron chi connectivity index (χ2n) is 5.66. The molecule has 1 atom stereocenters. The second-order valence-corrected chi connectivity index (χ2v) is 7.89. The molecule has 0 saturated carbocycles. The first kappa shape index (κ1) is 15.7. The van der Waals surface area contributed by atoms with E-state index in [4.69, 9.17) is 5.73 Å². The molecule has 0 bridgehead atoms. The van der Waals surface area contributed by atoms with Crippen LogP contribution in [0.2, 0.25) is 0 Å². The van der Waals surface area contributed by atoms with E-state index in [9.17, 15) is 13.2 Å². The van der Waals surface area contributed by atoms with Crippen LogP contribution in [0, 0.1) is 0 Å². The van der Waals surface area contributed by atoms with Crippen LogP contribution < -0.4 is 5.73 Å². The Balaban J connectivity index is 2.25. The molecule has 1 aromatic heterocycles. The van der Waals surface area contributed by atoms with Crippen molar-refractivity contribution < 1.29 is 13.2 Å². The van der Waals surface area contributed by atoms with Crippen molar-refractivity contribution in [2.75, 3.05) is 24.3 Å². The number of hydrogen-bond donors (Lipinski definition) is 1. The lowest BCUT2D eigenvalue weighted by Gasteiger charge is -2.23. The maximum atomic E-state index is 12.5. The Hall–Kier alpha value is -1.70. The zero-order valence-corrected chi connectivity index (χ0v) is 13.2. The average Bonchev–Trinajstić information content (AvgIpc) is 2.77. The Morgan fingerprint density at radius 1 is 1.48 bits per heavy atom. The summed E-state index contributed by atoms with van der Waals surface area (Å²) in [6.07, 6.45) is 1.88. The smallest absolute Gasteiger partial charge is 0.274 e. The molecule has 1 amide bonds. The fourth-order valence-electron chi connectivity index (χ4n) is 2.27. The van der Waals surface area contributed by atoms with Crippen molar-refractivity contribution in [1.82, 2.24) is 14.9 Å². The van der Waals surface area contributed by atoms with Crippen LogP contribution in [0.15, 0.2) is 6.20 Å². The van der Waals surface area contributed by atoms with Gasteiger partial charge in [-0.3, -0.25) is 4.79 Å². The van der Waals surface area contributed by atoms with E-state index in [0.29, 0.717) is 12.2 Å². The normalized spacial score (nSPS) is 20.7. The van der Waals surface area contributed by atoms with Gasteiger partial charge >= 0.3 is 0 Å². The summed E-state index contributed by atoms with van der Waals surface area (Å²) in [7, 11) is -1.46. The standard InChI is InChI=1S/C13H20N4O3S/c1-8(2)12-15-6-10(14)11(16-12)13(18)17(3)9-4-5-21(19,20)7-9/h6,8-9H,4-5,7,14H2,1-3H3. The zero-order chi connectivity index (χ0) is 15.8. The predicted molar refractivity (Wildman–Crippen MR) is 79.7 cm³/mol. The molecule has 2 rings (SSSR count). The van der Waals surface area contributed by atoms with Gasteiger partial charge in [-0.05, 0) is 6.42 Å². The van der Waals surface area contributed by atoms with Gasteiger partial charge in [0.15, 0.2) is 15.5 Å². The SMILES string of the molecule is CC(C)c1ncc(N)c(C(=O)N(C)C2CCS(=O)(=O)C2)n1. The summed E-state index contributed by atoms with van der Waals surface area (Å²) in [4.78, 5) is 22.2. The molecule has 21 heavy (non-hydrogen) atoms. The molecule has 0 aliphatic carbocycles. The number of nitrogens with zero attached hydrogens (tertiary/aromatic N) is 3. The van der Waals surface area contributed by atoms with Crippen LogP contribution in [-0.2, 0) is 9.84 Å². The van der Waals surface area contributed by atoms with E-state index in [1.165, 1.54) is 11.1 Å². The Morgan fingerprint density at radius 2 is 2.14 bits per heavy atom. The van der Waals surface area contributed by atoms with Gasteiger partial charge < -0.3 is 10.6 Å². The van der Waals surface area contributed by atoms with Gasteiger partial charge in [-0.2, -0.15) is 0 Å². The molecule has 0 aromatic carbocycles. The average molecular weight is 312 g/mol. The van der Waals surface area contributed by atoms with E-state index >= 15 is 0 Å². The van der Waals surface area contributed by atoms with Crippen molar-refractivity contribution in [3.05, 3.63) is 17.7 Å². The highest BCUT2D eigenvalue weighted by Crippen LogP contribution is 2.20. The fourth-order valence-corrected chi connectivity index (χ4v) is 4.04. The quantitative estimate of drug-likeness (QED) is 0.868. The lowest BCUT2D eigenvalue weighted by molar-refractivity contribution is 0.0742. The molecular formula is C13H20N4O3S. The zero-order valence-electron chi connectivity index (χ0n) is 12.4. The van der Waals surface area contributed by atoms with Gasteiger partial charge in [-0.1, -0.05) is 13.8 Å². The van der Waals surface area contributed by atoms with Crippen molar-refractivity contribution >= 4 is 21.4 Å². The predicted octanol–water partition coefficient (Wildman–Crippen LogP) is 0.441. The minimum Gasteiger partial charge on any atom is -0.396 e. The summed E-state index contributed by atoms with van der Waals surface area (Å²) in [6, 6.07) is -0.320. The summed E-state index contributed by atoms with van der Waals surface area (Å²) >= 11 is 0. The first-order valence-electron chi connectivity index (χ1n) is 6.81. The number of aromatic nitrogens is 2. The molecule has 1 unspecified atom stereocenters. The third-order valence-electron chi connectivity index (χ3n) is 3.63. The molecule has 1 aliphatic rings. The van der Waals surface area contributed by atoms with Gasteiger partial charge in [-0.25, -0.2) is 18.4 Å². The van der Waals surface area contributed by atoms with E-state index in [-0.39, 0.29) is 40.8 Å². The molecule has 1 aromatic rings. The van der Waals surface area contributed by atoms with Crippen molar-refractivity contribution in [1.29, 1.82) is 0 Å². The molecule has 2 N–H and O–H groups in total. The number of nitrogen functional groups attached to an aromatic ring is 1. The summed E-state index contributed by atoms with van der Waals surface area (Å²) < 4.78 is 23.1. The molecule has 7 nitrogen and oxygen atoms in total. The first-order valence-corrected chi connectivity index (χ1v) is 8.63. The summed E-state index contributed by atoms with van der Waals surface area (Å²) in [5.74, 6) is 0.372. The number of anilines is 1. The van der Waals surface area contributed by atoms with Gasteiger partial charge in [0.05, 0.1) is 23.4 Å². The van der Waals surface area contributed by atoms with Crippen LogP contribution in [-0.4, -0.2) is 53.8 Å². The van der Waals surface area contributed by atoms with Crippen LogP contribution >= 0.6 is 0 Å². The third kappa shape index (κ3) is 3.31. The lowest BCUT2D eigenvalue weighted by atomic mass is 10.2. The van der Waals surface area contributed by atoms with Crippen LogP contribution in [0.25, 0.3) is 0 Å². The van der Waals surface area contributed by atoms with Gasteiger partial charge in [0.2, 0.25) is 0 Å². The minimum absolute atomic E-state index is 0.00271. The monoisotopic (exact) mass is 312 g/mol. The van der Waals surface area contributed by atoms with E-state index in [1.54, 1.807) is 7.05 Å². The largest absolute Gasteiger partial charge is 0.396 e. The van der Waals surface area contributed by atoms with Gasteiger partial charge in [0, 0.05) is 19.0 Å². The number of carbonyl (C=O) groups excluding carboxylic acids is 1. The number of carbonyl (C=O) groups is 1. The van der Waals surface area contributed by atoms with Crippen molar-refractivity contribution in [2.24, 2.45) is 0 Å². The lowest BCUT2D eigenvalue weighted by Crippen LogP contribution is -2.38. The van der Waals surface area contributed by atoms with Crippen molar-refractivity contribution in [3.8, 4) is 0 Å². The summed E-state index contributed by atoms with van der Waals surface area (Å²) in [6.45, 7) is 3.85. The Morgan fingerprint density at radius 3 is 2.67 bits per heavy atom. The van der Waals surface area contributed by atoms with Gasteiger partial charge in [-0.15, -0.1) is 0 Å². The third-order valence-corrected chi connectivity index (χ3v) is 5.38. The number of sulfone groups is 1. The van der Waals surface area contributed by atoms with Gasteiger partial charge in [0.25, 0.3) is 5.91 Å². The molecule has 8 heteroatoms. The van der Waals surface area contributed by atoms with Crippen LogP contribution in [0.3, 0.4) is 0 Å². The summed E-state index contributed by atoms with van der Waals surface area (Å²) in [5, 5.41) is 0. The van der Waals surface area contributed by atoms with Crippen molar-refractivity contribution in [2.45, 2.75) is 32.2 Å². The Labute approximate surface area is 124 Å². The molecule has 1 aliphatic heterocycles. The minimum atomic E-state index is -3.05. The van der Waals surface area contributed by atoms with Crippen LogP contribution in [0.1, 0.15) is 42.5 Å². The molecule has 1 fully saturated rings. The molecule has 0 radical (unpaired) electrons. The van der Waals surface area contributed by atoms with Gasteiger partial charge in [0.1, 0.15) is 5.82 Å². The second kappa shape index (κ2) is 5.59. The number of nitrogens with two attached hydrogens (primary N) is 1. The maximum Gasteiger partial charge on any atom is 0.274 e. The fraction of sp³-hybridized carbons (Fsp3) is 0.615. The van der Waals surface area contributed by atoms with E-state index in [0.717, 1.165) is 0 Å². The Bertz CT molecular complexity index is 657. The highest BCUT2D eigenvalue weighted by Gasteiger charge is 2.34. The number of amides is 1. The Kier molecular flexibility index (Phi) is 4.18. The van der Waals surface area contributed by atoms with E-state index < -0.39 is 9.84 Å². The number of rotatable bonds is 3.